The molecule has 2 aliphatic carbocycles. The summed E-state index contributed by atoms with van der Waals surface area (Å²) in [4.78, 5) is 54.6. The first-order chi connectivity index (χ1) is 19.2. The summed E-state index contributed by atoms with van der Waals surface area (Å²) in [6, 6.07) is 6.50. The lowest BCUT2D eigenvalue weighted by Gasteiger charge is -2.18. The third-order valence-electron chi connectivity index (χ3n) is 7.67. The molecule has 10 heteroatoms. The van der Waals surface area contributed by atoms with Gasteiger partial charge in [-0.15, -0.1) is 22.7 Å². The van der Waals surface area contributed by atoms with E-state index < -0.39 is 23.8 Å². The number of amides is 2. The Morgan fingerprint density at radius 1 is 0.725 bits per heavy atom. The SMILES string of the molecule is COC(=O)c1c(NC(=O)c2ccccc2C(=O)Nc2sc3c(c2C(=O)OC)CC[C@@H](C)C3)sc2c1CC[C@@H](C)C2. The molecule has 2 amide bonds. The van der Waals surface area contributed by atoms with Gasteiger partial charge in [0.25, 0.3) is 11.8 Å². The lowest BCUT2D eigenvalue weighted by Crippen LogP contribution is -2.21. The third kappa shape index (κ3) is 5.30. The number of hydrogen-bond acceptors (Lipinski definition) is 8. The molecule has 2 aliphatic rings. The Labute approximate surface area is 241 Å². The maximum absolute atomic E-state index is 13.5. The van der Waals surface area contributed by atoms with Crippen molar-refractivity contribution in [1.29, 1.82) is 0 Å². The van der Waals surface area contributed by atoms with Crippen LogP contribution in [0.3, 0.4) is 0 Å². The first-order valence-electron chi connectivity index (χ1n) is 13.4. The molecule has 0 spiro atoms. The van der Waals surface area contributed by atoms with Gasteiger partial charge in [0.15, 0.2) is 0 Å². The fourth-order valence-electron chi connectivity index (χ4n) is 5.53. The standard InChI is InChI=1S/C30H32N2O6S2/c1-15-9-11-19-21(13-15)39-27(23(19)29(35)37-3)31-25(33)17-7-5-6-8-18(17)26(34)32-28-24(30(36)38-4)20-12-10-16(2)14-22(20)40-28/h5-8,15-16H,9-14H2,1-4H3,(H,31,33)(H,32,34)/t15-,16-/m1/s1. The maximum Gasteiger partial charge on any atom is 0.341 e. The van der Waals surface area contributed by atoms with Crippen LogP contribution in [0.4, 0.5) is 10.0 Å². The minimum atomic E-state index is -0.505. The molecule has 1 aromatic carbocycles. The molecule has 2 heterocycles. The van der Waals surface area contributed by atoms with Gasteiger partial charge >= 0.3 is 11.9 Å². The molecule has 2 atom stereocenters. The van der Waals surface area contributed by atoms with Crippen LogP contribution in [0.2, 0.25) is 0 Å². The third-order valence-corrected chi connectivity index (χ3v) is 10.0. The van der Waals surface area contributed by atoms with Gasteiger partial charge < -0.3 is 20.1 Å². The maximum atomic E-state index is 13.5. The second kappa shape index (κ2) is 11.5. The van der Waals surface area contributed by atoms with Crippen molar-refractivity contribution < 1.29 is 28.7 Å². The predicted octanol–water partition coefficient (Wildman–Crippen LogP) is 6.14. The van der Waals surface area contributed by atoms with Crippen molar-refractivity contribution in [2.45, 2.75) is 52.4 Å². The van der Waals surface area contributed by atoms with Gasteiger partial charge in [-0.05, 0) is 73.6 Å². The molecule has 5 rings (SSSR count). The van der Waals surface area contributed by atoms with Crippen LogP contribution < -0.4 is 10.6 Å². The predicted molar refractivity (Wildman–Crippen MR) is 156 cm³/mol. The summed E-state index contributed by atoms with van der Waals surface area (Å²) in [5, 5.41) is 6.63. The number of carbonyl (C=O) groups is 4. The van der Waals surface area contributed by atoms with Crippen molar-refractivity contribution >= 4 is 56.4 Å². The van der Waals surface area contributed by atoms with Crippen LogP contribution in [0.1, 0.15) is 89.0 Å². The van der Waals surface area contributed by atoms with E-state index in [1.807, 2.05) is 0 Å². The summed E-state index contributed by atoms with van der Waals surface area (Å²) in [5.74, 6) is -0.999. The second-order valence-electron chi connectivity index (χ2n) is 10.5. The minimum absolute atomic E-state index is 0.158. The fraction of sp³-hybridized carbons (Fsp3) is 0.400. The van der Waals surface area contributed by atoms with Gasteiger partial charge in [-0.25, -0.2) is 9.59 Å². The minimum Gasteiger partial charge on any atom is -0.465 e. The number of benzene rings is 1. The summed E-state index contributed by atoms with van der Waals surface area (Å²) in [6.45, 7) is 4.34. The molecule has 0 saturated carbocycles. The zero-order valence-corrected chi connectivity index (χ0v) is 24.6. The van der Waals surface area contributed by atoms with Gasteiger partial charge in [0.2, 0.25) is 0 Å². The van der Waals surface area contributed by atoms with Gasteiger partial charge in [0.05, 0.1) is 36.5 Å². The summed E-state index contributed by atoms with van der Waals surface area (Å²) in [6.07, 6.45) is 5.10. The summed E-state index contributed by atoms with van der Waals surface area (Å²) >= 11 is 2.78. The van der Waals surface area contributed by atoms with E-state index in [-0.39, 0.29) is 11.1 Å². The topological polar surface area (TPSA) is 111 Å². The van der Waals surface area contributed by atoms with Crippen molar-refractivity contribution in [2.24, 2.45) is 11.8 Å². The smallest absolute Gasteiger partial charge is 0.341 e. The lowest BCUT2D eigenvalue weighted by molar-refractivity contribution is 0.0591. The number of carbonyl (C=O) groups excluding carboxylic acids is 4. The number of ether oxygens (including phenoxy) is 2. The van der Waals surface area contributed by atoms with Gasteiger partial charge in [0, 0.05) is 9.75 Å². The Hall–Kier alpha value is -3.50. The highest BCUT2D eigenvalue weighted by Gasteiger charge is 2.31. The summed E-state index contributed by atoms with van der Waals surface area (Å²) < 4.78 is 10.1. The number of esters is 2. The Bertz CT molecular complexity index is 1390. The summed E-state index contributed by atoms with van der Waals surface area (Å²) in [7, 11) is 2.66. The molecule has 2 aromatic heterocycles. The van der Waals surface area contributed by atoms with Crippen LogP contribution in [-0.4, -0.2) is 38.0 Å². The Balaban J connectivity index is 1.44. The number of hydrogen-bond donors (Lipinski definition) is 2. The first-order valence-corrected chi connectivity index (χ1v) is 15.0. The van der Waals surface area contributed by atoms with Gasteiger partial charge in [0.1, 0.15) is 10.0 Å². The molecule has 210 valence electrons. The molecule has 0 radical (unpaired) electrons. The van der Waals surface area contributed by atoms with Gasteiger partial charge in [-0.3, -0.25) is 9.59 Å². The Morgan fingerprint density at radius 3 is 1.50 bits per heavy atom. The average molecular weight is 581 g/mol. The highest BCUT2D eigenvalue weighted by atomic mass is 32.1. The molecule has 2 N–H and O–H groups in total. The monoisotopic (exact) mass is 580 g/mol. The van der Waals surface area contributed by atoms with Crippen LogP contribution in [0.15, 0.2) is 24.3 Å². The van der Waals surface area contributed by atoms with Crippen molar-refractivity contribution in [2.75, 3.05) is 24.9 Å². The highest BCUT2D eigenvalue weighted by Crippen LogP contribution is 2.41. The lowest BCUT2D eigenvalue weighted by atomic mass is 9.88. The van der Waals surface area contributed by atoms with Crippen LogP contribution >= 0.6 is 22.7 Å². The first kappa shape index (κ1) is 28.0. The van der Waals surface area contributed by atoms with Crippen LogP contribution in [0, 0.1) is 11.8 Å². The second-order valence-corrected chi connectivity index (χ2v) is 12.8. The largest absolute Gasteiger partial charge is 0.465 e. The molecule has 0 bridgehead atoms. The van der Waals surface area contributed by atoms with E-state index in [0.717, 1.165) is 59.4 Å². The number of fused-ring (bicyclic) bond motifs is 2. The van der Waals surface area contributed by atoms with Crippen molar-refractivity contribution in [3.63, 3.8) is 0 Å². The van der Waals surface area contributed by atoms with Gasteiger partial charge in [-0.1, -0.05) is 26.0 Å². The van der Waals surface area contributed by atoms with E-state index in [1.54, 1.807) is 24.3 Å². The zero-order valence-electron chi connectivity index (χ0n) is 23.0. The average Bonchev–Trinajstić information content (AvgIpc) is 3.48. The number of rotatable bonds is 6. The molecule has 3 aromatic rings. The van der Waals surface area contributed by atoms with E-state index in [9.17, 15) is 19.2 Å². The normalized spacial score (nSPS) is 17.8. The van der Waals surface area contributed by atoms with Crippen LogP contribution in [-0.2, 0) is 35.2 Å². The Kier molecular flexibility index (Phi) is 8.09. The number of anilines is 2. The van der Waals surface area contributed by atoms with E-state index in [0.29, 0.717) is 33.0 Å². The van der Waals surface area contributed by atoms with Gasteiger partial charge in [-0.2, -0.15) is 0 Å². The highest BCUT2D eigenvalue weighted by molar-refractivity contribution is 7.17. The number of thiophene rings is 2. The molecule has 0 saturated heterocycles. The van der Waals surface area contributed by atoms with Crippen molar-refractivity contribution in [3.8, 4) is 0 Å². The molecule has 0 unspecified atom stereocenters. The van der Waals surface area contributed by atoms with Crippen LogP contribution in [0.25, 0.3) is 0 Å². The van der Waals surface area contributed by atoms with E-state index in [1.165, 1.54) is 36.9 Å². The molecule has 8 nitrogen and oxygen atoms in total. The molecular formula is C30H32N2O6S2. The molecular weight excluding hydrogens is 548 g/mol. The van der Waals surface area contributed by atoms with E-state index >= 15 is 0 Å². The summed E-state index contributed by atoms with van der Waals surface area (Å²) in [5.41, 5.74) is 2.97. The molecule has 0 fully saturated rings. The van der Waals surface area contributed by atoms with E-state index in [4.69, 9.17) is 9.47 Å². The Morgan fingerprint density at radius 2 is 1.12 bits per heavy atom. The van der Waals surface area contributed by atoms with E-state index in [2.05, 4.69) is 24.5 Å². The zero-order chi connectivity index (χ0) is 28.6. The van der Waals surface area contributed by atoms with Crippen molar-refractivity contribution in [1.82, 2.24) is 0 Å². The fourth-order valence-corrected chi connectivity index (χ4v) is 8.32. The molecule has 40 heavy (non-hydrogen) atoms. The van der Waals surface area contributed by atoms with Crippen LogP contribution in [0.5, 0.6) is 0 Å². The number of methoxy groups -OCH3 is 2. The quantitative estimate of drug-likeness (QED) is 0.339. The number of nitrogens with one attached hydrogen (secondary N) is 2. The molecule has 0 aliphatic heterocycles. The van der Waals surface area contributed by atoms with Crippen molar-refractivity contribution in [3.05, 3.63) is 67.4 Å².